The number of aryl methyl sites for hydroxylation is 1. The monoisotopic (exact) mass is 248 g/mol. The molecule has 0 saturated heterocycles. The van der Waals surface area contributed by atoms with Gasteiger partial charge >= 0.3 is 0 Å². The fraction of sp³-hybridized carbons (Fsp3) is 0.357. The molecule has 0 aliphatic carbocycles. The van der Waals surface area contributed by atoms with E-state index >= 15 is 0 Å². The lowest BCUT2D eigenvalue weighted by Gasteiger charge is -2.04. The van der Waals surface area contributed by atoms with Crippen LogP contribution in [0.5, 0.6) is 0 Å². The summed E-state index contributed by atoms with van der Waals surface area (Å²) in [5.41, 5.74) is 7.24. The molecule has 2 rings (SSSR count). The van der Waals surface area contributed by atoms with Gasteiger partial charge in [-0.3, -0.25) is 0 Å². The van der Waals surface area contributed by atoms with Crippen LogP contribution in [0.2, 0.25) is 0 Å². The molecule has 0 spiro atoms. The van der Waals surface area contributed by atoms with E-state index < -0.39 is 0 Å². The molecule has 0 atom stereocenters. The molecule has 0 bridgehead atoms. The number of nitrogens with zero attached hydrogens (tertiary/aromatic N) is 1. The summed E-state index contributed by atoms with van der Waals surface area (Å²) in [6, 6.07) is 6.32. The van der Waals surface area contributed by atoms with Gasteiger partial charge < -0.3 is 10.3 Å². The zero-order valence-electron chi connectivity index (χ0n) is 10.6. The molecule has 0 aliphatic heterocycles. The summed E-state index contributed by atoms with van der Waals surface area (Å²) in [7, 11) is 0. The molecular weight excluding hydrogens is 231 g/mol. The van der Waals surface area contributed by atoms with Crippen molar-refractivity contribution in [2.45, 2.75) is 26.7 Å². The van der Waals surface area contributed by atoms with E-state index in [0.29, 0.717) is 17.3 Å². The van der Waals surface area contributed by atoms with Crippen molar-refractivity contribution in [1.29, 1.82) is 0 Å². The minimum atomic E-state index is -0.289. The zero-order chi connectivity index (χ0) is 13.1. The molecule has 3 nitrogen and oxygen atoms in total. The number of anilines is 1. The quantitative estimate of drug-likeness (QED) is 0.898. The normalized spacial score (nSPS) is 11.1. The Labute approximate surface area is 106 Å². The Bertz CT molecular complexity index is 534. The Hall–Kier alpha value is -1.84. The number of halogens is 1. The highest BCUT2D eigenvalue weighted by atomic mass is 19.1. The molecule has 1 aromatic heterocycles. The van der Waals surface area contributed by atoms with Gasteiger partial charge in [-0.05, 0) is 30.0 Å². The maximum Gasteiger partial charge on any atom is 0.175 e. The van der Waals surface area contributed by atoms with E-state index in [4.69, 9.17) is 10.3 Å². The molecule has 0 amide bonds. The minimum absolute atomic E-state index is 0.289. The Morgan fingerprint density at radius 3 is 2.83 bits per heavy atom. The van der Waals surface area contributed by atoms with Crippen LogP contribution in [0.4, 0.5) is 10.2 Å². The fourth-order valence-corrected chi connectivity index (χ4v) is 1.88. The summed E-state index contributed by atoms with van der Waals surface area (Å²) in [6.07, 6.45) is 1.74. The van der Waals surface area contributed by atoms with Crippen LogP contribution in [0, 0.1) is 11.7 Å². The highest BCUT2D eigenvalue weighted by Gasteiger charge is 2.16. The predicted molar refractivity (Wildman–Crippen MR) is 69.5 cm³/mol. The Morgan fingerprint density at radius 1 is 1.39 bits per heavy atom. The molecule has 1 aromatic carbocycles. The summed E-state index contributed by atoms with van der Waals surface area (Å²) >= 11 is 0. The smallest absolute Gasteiger partial charge is 0.175 e. The number of benzene rings is 1. The highest BCUT2D eigenvalue weighted by Crippen LogP contribution is 2.31. The summed E-state index contributed by atoms with van der Waals surface area (Å²) < 4.78 is 18.5. The third-order valence-electron chi connectivity index (χ3n) is 2.85. The van der Waals surface area contributed by atoms with Gasteiger partial charge in [0, 0.05) is 6.42 Å². The molecule has 0 aliphatic rings. The van der Waals surface area contributed by atoms with Gasteiger partial charge in [-0.25, -0.2) is 4.39 Å². The van der Waals surface area contributed by atoms with Crippen molar-refractivity contribution < 1.29 is 8.91 Å². The van der Waals surface area contributed by atoms with E-state index in [1.165, 1.54) is 12.1 Å². The second kappa shape index (κ2) is 5.21. The van der Waals surface area contributed by atoms with E-state index in [1.54, 1.807) is 6.07 Å². The molecule has 2 N–H and O–H groups in total. The molecule has 0 radical (unpaired) electrons. The lowest BCUT2D eigenvalue weighted by molar-refractivity contribution is 0.376. The lowest BCUT2D eigenvalue weighted by Crippen LogP contribution is -1.94. The first-order valence-electron chi connectivity index (χ1n) is 6.08. The largest absolute Gasteiger partial charge is 0.380 e. The fourth-order valence-electron chi connectivity index (χ4n) is 1.88. The topological polar surface area (TPSA) is 52.0 Å². The third-order valence-corrected chi connectivity index (χ3v) is 2.85. The van der Waals surface area contributed by atoms with E-state index in [9.17, 15) is 4.39 Å². The molecule has 18 heavy (non-hydrogen) atoms. The number of nitrogen functional groups attached to an aromatic ring is 1. The summed E-state index contributed by atoms with van der Waals surface area (Å²) in [6.45, 7) is 4.28. The van der Waals surface area contributed by atoms with Gasteiger partial charge in [-0.2, -0.15) is 0 Å². The van der Waals surface area contributed by atoms with Crippen molar-refractivity contribution in [2.75, 3.05) is 5.73 Å². The van der Waals surface area contributed by atoms with Gasteiger partial charge in [0.1, 0.15) is 11.6 Å². The number of rotatable bonds is 4. The first kappa shape index (κ1) is 12.6. The Kier molecular flexibility index (Phi) is 3.65. The van der Waals surface area contributed by atoms with E-state index in [0.717, 1.165) is 24.2 Å². The zero-order valence-corrected chi connectivity index (χ0v) is 10.6. The number of aromatic nitrogens is 1. The van der Waals surface area contributed by atoms with Gasteiger partial charge in [-0.1, -0.05) is 31.1 Å². The number of hydrogen-bond acceptors (Lipinski definition) is 3. The van der Waals surface area contributed by atoms with Gasteiger partial charge in [-0.15, -0.1) is 0 Å². The van der Waals surface area contributed by atoms with Gasteiger partial charge in [0.2, 0.25) is 0 Å². The highest BCUT2D eigenvalue weighted by molar-refractivity contribution is 5.75. The van der Waals surface area contributed by atoms with Crippen LogP contribution in [-0.4, -0.2) is 5.16 Å². The number of nitrogens with two attached hydrogens (primary N) is 1. The van der Waals surface area contributed by atoms with Crippen LogP contribution in [-0.2, 0) is 6.42 Å². The predicted octanol–water partition coefficient (Wildman–Crippen LogP) is 3.65. The van der Waals surface area contributed by atoms with E-state index in [2.05, 4.69) is 19.0 Å². The van der Waals surface area contributed by atoms with Crippen molar-refractivity contribution in [3.05, 3.63) is 35.8 Å². The standard InChI is InChI=1S/C14H17FN2O/c1-9(2)6-7-12-13(14(16)17-18-12)10-4-3-5-11(15)8-10/h3-5,8-9H,6-7H2,1-2H3,(H2,16,17). The molecule has 0 saturated carbocycles. The van der Waals surface area contributed by atoms with Crippen molar-refractivity contribution in [3.63, 3.8) is 0 Å². The maximum atomic E-state index is 13.2. The van der Waals surface area contributed by atoms with Crippen LogP contribution in [0.25, 0.3) is 11.1 Å². The van der Waals surface area contributed by atoms with E-state index in [-0.39, 0.29) is 5.82 Å². The van der Waals surface area contributed by atoms with Crippen LogP contribution in [0.3, 0.4) is 0 Å². The third kappa shape index (κ3) is 2.70. The molecule has 4 heteroatoms. The van der Waals surface area contributed by atoms with Crippen LogP contribution in [0.15, 0.2) is 28.8 Å². The van der Waals surface area contributed by atoms with Crippen molar-refractivity contribution in [3.8, 4) is 11.1 Å². The van der Waals surface area contributed by atoms with Crippen LogP contribution < -0.4 is 5.73 Å². The molecule has 0 unspecified atom stereocenters. The van der Waals surface area contributed by atoms with E-state index in [1.807, 2.05) is 6.07 Å². The molecule has 0 fully saturated rings. The molecular formula is C14H17FN2O. The van der Waals surface area contributed by atoms with Crippen LogP contribution in [0.1, 0.15) is 26.0 Å². The lowest BCUT2D eigenvalue weighted by atomic mass is 10.0. The average molecular weight is 248 g/mol. The molecule has 96 valence electrons. The molecule has 2 aromatic rings. The van der Waals surface area contributed by atoms with Crippen molar-refractivity contribution in [1.82, 2.24) is 5.16 Å². The number of hydrogen-bond donors (Lipinski definition) is 1. The maximum absolute atomic E-state index is 13.2. The first-order chi connectivity index (χ1) is 8.58. The minimum Gasteiger partial charge on any atom is -0.380 e. The second-order valence-electron chi connectivity index (χ2n) is 4.81. The van der Waals surface area contributed by atoms with Crippen LogP contribution >= 0.6 is 0 Å². The van der Waals surface area contributed by atoms with Gasteiger partial charge in [0.05, 0.1) is 5.56 Å². The first-order valence-corrected chi connectivity index (χ1v) is 6.08. The van der Waals surface area contributed by atoms with Crippen molar-refractivity contribution >= 4 is 5.82 Å². The van der Waals surface area contributed by atoms with Gasteiger partial charge in [0.25, 0.3) is 0 Å². The van der Waals surface area contributed by atoms with Crippen molar-refractivity contribution in [2.24, 2.45) is 5.92 Å². The Morgan fingerprint density at radius 2 is 2.17 bits per heavy atom. The SMILES string of the molecule is CC(C)CCc1onc(N)c1-c1cccc(F)c1. The van der Waals surface area contributed by atoms with Gasteiger partial charge in [0.15, 0.2) is 5.82 Å². The summed E-state index contributed by atoms with van der Waals surface area (Å²) in [4.78, 5) is 0. The molecule has 1 heterocycles. The summed E-state index contributed by atoms with van der Waals surface area (Å²) in [5.74, 6) is 1.32. The second-order valence-corrected chi connectivity index (χ2v) is 4.81. The Balaban J connectivity index is 2.34. The average Bonchev–Trinajstić information content (AvgIpc) is 2.68. The summed E-state index contributed by atoms with van der Waals surface area (Å²) in [5, 5.41) is 3.78.